The van der Waals surface area contributed by atoms with Crippen molar-refractivity contribution in [2.75, 3.05) is 18.1 Å². The topological polar surface area (TPSA) is 84.3 Å². The first kappa shape index (κ1) is 21.8. The van der Waals surface area contributed by atoms with Crippen LogP contribution >= 0.6 is 0 Å². The first-order valence-electron chi connectivity index (χ1n) is 9.50. The van der Waals surface area contributed by atoms with E-state index < -0.39 is 42.2 Å². The number of carbonyl (C=O) groups is 1. The van der Waals surface area contributed by atoms with Gasteiger partial charge in [0.05, 0.1) is 18.3 Å². The van der Waals surface area contributed by atoms with E-state index in [9.17, 15) is 28.3 Å². The zero-order valence-corrected chi connectivity index (χ0v) is 16.3. The number of fused-ring (bicyclic) bond motifs is 1. The van der Waals surface area contributed by atoms with Crippen LogP contribution < -0.4 is 4.90 Å². The normalized spacial score (nSPS) is 18.0. The van der Waals surface area contributed by atoms with Crippen molar-refractivity contribution in [3.05, 3.63) is 47.5 Å². The van der Waals surface area contributed by atoms with Crippen LogP contribution in [0.3, 0.4) is 0 Å². The number of carbonyl (C=O) groups excluding carboxylic acids is 1. The molecular weight excluding hydrogens is 397 g/mol. The lowest BCUT2D eigenvalue weighted by Gasteiger charge is -2.16. The molecule has 3 rings (SSSR count). The van der Waals surface area contributed by atoms with Crippen LogP contribution in [0, 0.1) is 11.3 Å². The third-order valence-electron chi connectivity index (χ3n) is 5.14. The molecule has 2 aromatic carbocycles. The van der Waals surface area contributed by atoms with Crippen LogP contribution in [0.4, 0.5) is 18.9 Å². The molecule has 0 amide bonds. The Morgan fingerprint density at radius 1 is 1.27 bits per heavy atom. The number of aliphatic hydroxyl groups is 2. The predicted octanol–water partition coefficient (Wildman–Crippen LogP) is 3.59. The summed E-state index contributed by atoms with van der Waals surface area (Å²) in [6, 6.07) is 11.4. The molecule has 30 heavy (non-hydrogen) atoms. The Kier molecular flexibility index (Phi) is 6.15. The van der Waals surface area contributed by atoms with E-state index >= 15 is 0 Å². The van der Waals surface area contributed by atoms with Crippen LogP contribution in [0.25, 0.3) is 16.3 Å². The van der Waals surface area contributed by atoms with E-state index in [1.165, 1.54) is 18.2 Å². The molecule has 158 valence electrons. The highest BCUT2D eigenvalue weighted by Crippen LogP contribution is 2.39. The van der Waals surface area contributed by atoms with Gasteiger partial charge in [-0.25, -0.2) is 0 Å². The molecule has 2 aromatic rings. The highest BCUT2D eigenvalue weighted by atomic mass is 19.4. The number of nitriles is 1. The molecule has 1 aliphatic rings. The fourth-order valence-corrected chi connectivity index (χ4v) is 3.39. The van der Waals surface area contributed by atoms with Gasteiger partial charge in [0.2, 0.25) is 0 Å². The largest absolute Gasteiger partial charge is 0.418 e. The van der Waals surface area contributed by atoms with Crippen LogP contribution in [0.2, 0.25) is 0 Å². The second kappa shape index (κ2) is 8.46. The van der Waals surface area contributed by atoms with Gasteiger partial charge >= 0.3 is 6.18 Å². The summed E-state index contributed by atoms with van der Waals surface area (Å²) in [5.41, 5.74) is -1.57. The third-order valence-corrected chi connectivity index (χ3v) is 5.14. The molecule has 0 radical (unpaired) electrons. The number of aliphatic hydroxyl groups excluding tert-OH is 2. The van der Waals surface area contributed by atoms with Gasteiger partial charge in [-0.05, 0) is 47.9 Å². The van der Waals surface area contributed by atoms with E-state index in [-0.39, 0.29) is 12.0 Å². The van der Waals surface area contributed by atoms with Crippen molar-refractivity contribution in [1.82, 2.24) is 0 Å². The number of ketones is 1. The van der Waals surface area contributed by atoms with E-state index in [1.54, 1.807) is 12.1 Å². The van der Waals surface area contributed by atoms with Crippen LogP contribution in [-0.2, 0) is 4.79 Å². The Morgan fingerprint density at radius 2 is 1.90 bits per heavy atom. The van der Waals surface area contributed by atoms with E-state index in [1.807, 2.05) is 12.1 Å². The number of halogens is 3. The number of nitrogens with zero attached hydrogens (tertiary/aromatic N) is 2. The SMILES string of the molecule is CC1CN1c1ccc2cc(/C(=C(\C#N)C(=O)CCC(O)CO)C(F)(F)F)ccc2c1. The van der Waals surface area contributed by atoms with Gasteiger partial charge in [0.15, 0.2) is 5.78 Å². The summed E-state index contributed by atoms with van der Waals surface area (Å²) < 4.78 is 41.5. The summed E-state index contributed by atoms with van der Waals surface area (Å²) in [6.45, 7) is 2.39. The highest BCUT2D eigenvalue weighted by Gasteiger charge is 2.39. The van der Waals surface area contributed by atoms with Gasteiger partial charge in [0.1, 0.15) is 11.6 Å². The molecule has 5 nitrogen and oxygen atoms in total. The van der Waals surface area contributed by atoms with Gasteiger partial charge < -0.3 is 15.1 Å². The van der Waals surface area contributed by atoms with E-state index in [0.717, 1.165) is 17.6 Å². The number of Topliss-reactive ketones (excluding diaryl/α,β-unsaturated/α-hetero) is 1. The van der Waals surface area contributed by atoms with Gasteiger partial charge in [-0.1, -0.05) is 18.2 Å². The minimum Gasteiger partial charge on any atom is -0.394 e. The predicted molar refractivity (Wildman–Crippen MR) is 107 cm³/mol. The Balaban J connectivity index is 2.02. The summed E-state index contributed by atoms with van der Waals surface area (Å²) in [4.78, 5) is 14.5. The fourth-order valence-electron chi connectivity index (χ4n) is 3.39. The van der Waals surface area contributed by atoms with Gasteiger partial charge in [-0.15, -0.1) is 0 Å². The molecule has 1 aliphatic heterocycles. The third kappa shape index (κ3) is 4.64. The summed E-state index contributed by atoms with van der Waals surface area (Å²) in [5, 5.41) is 28.8. The second-order valence-corrected chi connectivity index (χ2v) is 7.41. The maximum absolute atomic E-state index is 13.8. The Bertz CT molecular complexity index is 1040. The maximum Gasteiger partial charge on any atom is 0.418 e. The lowest BCUT2D eigenvalue weighted by molar-refractivity contribution is -0.116. The average molecular weight is 418 g/mol. The number of anilines is 1. The quantitative estimate of drug-likeness (QED) is 0.408. The molecule has 1 heterocycles. The molecule has 2 N–H and O–H groups in total. The first-order chi connectivity index (χ1) is 14.2. The van der Waals surface area contributed by atoms with Crippen LogP contribution in [-0.4, -0.2) is 47.5 Å². The molecule has 0 bridgehead atoms. The number of allylic oxidation sites excluding steroid dienone is 2. The minimum absolute atomic E-state index is 0.235. The van der Waals surface area contributed by atoms with Gasteiger partial charge in [-0.2, -0.15) is 18.4 Å². The molecule has 8 heteroatoms. The van der Waals surface area contributed by atoms with Crippen molar-refractivity contribution in [2.24, 2.45) is 0 Å². The number of benzene rings is 2. The van der Waals surface area contributed by atoms with Gasteiger partial charge in [0.25, 0.3) is 0 Å². The molecule has 0 saturated carbocycles. The number of rotatable bonds is 7. The molecule has 1 fully saturated rings. The second-order valence-electron chi connectivity index (χ2n) is 7.41. The molecule has 0 aliphatic carbocycles. The zero-order valence-electron chi connectivity index (χ0n) is 16.3. The van der Waals surface area contributed by atoms with Crippen molar-refractivity contribution in [3.63, 3.8) is 0 Å². The lowest BCUT2D eigenvalue weighted by atomic mass is 9.93. The van der Waals surface area contributed by atoms with Crippen molar-refractivity contribution in [2.45, 2.75) is 38.1 Å². The first-order valence-corrected chi connectivity index (χ1v) is 9.50. The molecular formula is C22H21F3N2O3. The molecule has 0 spiro atoms. The van der Waals surface area contributed by atoms with Crippen molar-refractivity contribution >= 4 is 27.8 Å². The van der Waals surface area contributed by atoms with Gasteiger partial charge in [0, 0.05) is 24.7 Å². The van der Waals surface area contributed by atoms with Crippen molar-refractivity contribution in [3.8, 4) is 6.07 Å². The summed E-state index contributed by atoms with van der Waals surface area (Å²) >= 11 is 0. The Morgan fingerprint density at radius 3 is 2.47 bits per heavy atom. The maximum atomic E-state index is 13.8. The van der Waals surface area contributed by atoms with Crippen molar-refractivity contribution < 1.29 is 28.2 Å². The Labute approximate surface area is 171 Å². The number of hydrogen-bond donors (Lipinski definition) is 2. The Hall–Kier alpha value is -2.89. The van der Waals surface area contributed by atoms with E-state index in [2.05, 4.69) is 11.8 Å². The van der Waals surface area contributed by atoms with Gasteiger partial charge in [-0.3, -0.25) is 4.79 Å². The van der Waals surface area contributed by atoms with E-state index in [0.29, 0.717) is 11.4 Å². The summed E-state index contributed by atoms with van der Waals surface area (Å²) in [7, 11) is 0. The monoisotopic (exact) mass is 418 g/mol. The number of alkyl halides is 3. The average Bonchev–Trinajstić information content (AvgIpc) is 3.44. The zero-order chi connectivity index (χ0) is 22.1. The summed E-state index contributed by atoms with van der Waals surface area (Å²) in [5.74, 6) is -1.02. The molecule has 2 unspecified atom stereocenters. The van der Waals surface area contributed by atoms with Crippen LogP contribution in [0.1, 0.15) is 25.3 Å². The van der Waals surface area contributed by atoms with E-state index in [4.69, 9.17) is 5.11 Å². The lowest BCUT2D eigenvalue weighted by Crippen LogP contribution is -2.19. The number of hydrogen-bond acceptors (Lipinski definition) is 5. The van der Waals surface area contributed by atoms with Crippen LogP contribution in [0.15, 0.2) is 42.0 Å². The standard InChI is InChI=1S/C22H21F3N2O3/c1-13-11-27(13)17-5-4-14-8-16(3-2-15(14)9-17)21(22(23,24)25)19(10-26)20(30)7-6-18(29)12-28/h2-5,8-9,13,18,28-29H,6-7,11-12H2,1H3/b21-19-. The van der Waals surface area contributed by atoms with Crippen molar-refractivity contribution in [1.29, 1.82) is 5.26 Å². The molecule has 1 saturated heterocycles. The highest BCUT2D eigenvalue weighted by molar-refractivity contribution is 6.07. The van der Waals surface area contributed by atoms with Crippen LogP contribution in [0.5, 0.6) is 0 Å². The molecule has 2 atom stereocenters. The smallest absolute Gasteiger partial charge is 0.394 e. The minimum atomic E-state index is -4.92. The fraction of sp³-hybridized carbons (Fsp3) is 0.364. The summed E-state index contributed by atoms with van der Waals surface area (Å²) in [6.07, 6.45) is -6.86. The molecule has 0 aromatic heterocycles.